The van der Waals surface area contributed by atoms with Crippen LogP contribution in [0.3, 0.4) is 0 Å². The van der Waals surface area contributed by atoms with Gasteiger partial charge < -0.3 is 11.1 Å². The molecule has 0 aliphatic rings. The Labute approximate surface area is 132 Å². The van der Waals surface area contributed by atoms with Crippen molar-refractivity contribution in [1.29, 1.82) is 0 Å². The molecular weight excluding hydrogens is 312 g/mol. The van der Waals surface area contributed by atoms with Crippen LogP contribution in [0.5, 0.6) is 0 Å². The van der Waals surface area contributed by atoms with Gasteiger partial charge in [0.2, 0.25) is 5.91 Å². The Balaban J connectivity index is 0.00000400. The quantitative estimate of drug-likeness (QED) is 0.714. The van der Waals surface area contributed by atoms with Crippen LogP contribution in [0.15, 0.2) is 29.2 Å². The van der Waals surface area contributed by atoms with E-state index in [1.165, 1.54) is 12.1 Å². The molecule has 21 heavy (non-hydrogen) atoms. The van der Waals surface area contributed by atoms with Gasteiger partial charge in [0.1, 0.15) is 0 Å². The van der Waals surface area contributed by atoms with Crippen LogP contribution in [0.1, 0.15) is 32.1 Å². The Kier molecular flexibility index (Phi) is 9.24. The minimum absolute atomic E-state index is 0. The van der Waals surface area contributed by atoms with Crippen molar-refractivity contribution in [1.82, 2.24) is 0 Å². The number of carbonyl (C=O) groups is 1. The number of carbonyl (C=O) groups excluding carboxylic acids is 1. The summed E-state index contributed by atoms with van der Waals surface area (Å²) in [6.45, 7) is 0.685. The Morgan fingerprint density at radius 3 is 2.48 bits per heavy atom. The molecule has 3 N–H and O–H groups in total. The van der Waals surface area contributed by atoms with E-state index in [-0.39, 0.29) is 23.2 Å². The third kappa shape index (κ3) is 8.04. The van der Waals surface area contributed by atoms with E-state index in [0.29, 0.717) is 18.7 Å². The number of hydrogen-bond acceptors (Lipinski definition) is 4. The lowest BCUT2D eigenvalue weighted by atomic mass is 10.1. The second-order valence-electron chi connectivity index (χ2n) is 4.80. The fourth-order valence-corrected chi connectivity index (χ4v) is 2.48. The van der Waals surface area contributed by atoms with Crippen LogP contribution < -0.4 is 11.1 Å². The predicted molar refractivity (Wildman–Crippen MR) is 87.6 cm³/mol. The minimum atomic E-state index is -3.25. The van der Waals surface area contributed by atoms with Gasteiger partial charge in [0.15, 0.2) is 9.84 Å². The number of rotatable bonds is 8. The van der Waals surface area contributed by atoms with Crippen molar-refractivity contribution in [2.45, 2.75) is 37.0 Å². The molecule has 0 saturated carbocycles. The van der Waals surface area contributed by atoms with Gasteiger partial charge in [0.25, 0.3) is 0 Å². The van der Waals surface area contributed by atoms with Crippen LogP contribution in [0.4, 0.5) is 5.69 Å². The molecular formula is C14H23ClN2O3S. The van der Waals surface area contributed by atoms with Crippen molar-refractivity contribution in [2.24, 2.45) is 5.73 Å². The van der Waals surface area contributed by atoms with Gasteiger partial charge in [0, 0.05) is 18.4 Å². The Morgan fingerprint density at radius 1 is 1.19 bits per heavy atom. The lowest BCUT2D eigenvalue weighted by Crippen LogP contribution is -2.11. The summed E-state index contributed by atoms with van der Waals surface area (Å²) in [7, 11) is -3.25. The highest BCUT2D eigenvalue weighted by molar-refractivity contribution is 7.90. The van der Waals surface area contributed by atoms with Crippen LogP contribution in [0.25, 0.3) is 0 Å². The predicted octanol–water partition coefficient (Wildman–Crippen LogP) is 2.36. The van der Waals surface area contributed by atoms with E-state index in [0.717, 1.165) is 31.9 Å². The summed E-state index contributed by atoms with van der Waals surface area (Å²) in [5.74, 6) is -0.0941. The second-order valence-corrected chi connectivity index (χ2v) is 6.82. The average Bonchev–Trinajstić information content (AvgIpc) is 2.38. The fourth-order valence-electron chi connectivity index (χ4n) is 1.81. The number of anilines is 1. The van der Waals surface area contributed by atoms with E-state index in [9.17, 15) is 13.2 Å². The van der Waals surface area contributed by atoms with Crippen LogP contribution in [0, 0.1) is 0 Å². The molecule has 1 aromatic carbocycles. The number of amides is 1. The zero-order chi connectivity index (χ0) is 15.0. The molecule has 0 atom stereocenters. The summed E-state index contributed by atoms with van der Waals surface area (Å²) in [5.41, 5.74) is 5.91. The number of nitrogens with one attached hydrogen (secondary N) is 1. The smallest absolute Gasteiger partial charge is 0.224 e. The standard InChI is InChI=1S/C14H22N2O3S.ClH/c1-20(18,19)13-8-6-7-12(11-13)16-14(17)9-4-2-3-5-10-15;/h6-8,11H,2-5,9-10,15H2,1H3,(H,16,17);1H. The van der Waals surface area contributed by atoms with E-state index in [4.69, 9.17) is 5.73 Å². The minimum Gasteiger partial charge on any atom is -0.330 e. The van der Waals surface area contributed by atoms with E-state index in [1.807, 2.05) is 0 Å². The summed E-state index contributed by atoms with van der Waals surface area (Å²) in [5, 5.41) is 2.72. The van der Waals surface area contributed by atoms with Gasteiger partial charge in [-0.1, -0.05) is 18.9 Å². The molecule has 0 bridgehead atoms. The van der Waals surface area contributed by atoms with Gasteiger partial charge in [-0.15, -0.1) is 12.4 Å². The first-order chi connectivity index (χ1) is 9.43. The highest BCUT2D eigenvalue weighted by atomic mass is 35.5. The number of halogens is 1. The zero-order valence-electron chi connectivity index (χ0n) is 12.2. The largest absolute Gasteiger partial charge is 0.330 e. The molecule has 5 nitrogen and oxygen atoms in total. The van der Waals surface area contributed by atoms with Crippen molar-refractivity contribution < 1.29 is 13.2 Å². The van der Waals surface area contributed by atoms with Gasteiger partial charge in [0.05, 0.1) is 4.90 Å². The van der Waals surface area contributed by atoms with Gasteiger partial charge in [-0.25, -0.2) is 8.42 Å². The molecule has 7 heteroatoms. The fraction of sp³-hybridized carbons (Fsp3) is 0.500. The van der Waals surface area contributed by atoms with E-state index >= 15 is 0 Å². The number of benzene rings is 1. The molecule has 0 unspecified atom stereocenters. The summed E-state index contributed by atoms with van der Waals surface area (Å²) in [6, 6.07) is 6.29. The van der Waals surface area contributed by atoms with Crippen molar-refractivity contribution >= 4 is 33.8 Å². The third-order valence-electron chi connectivity index (χ3n) is 2.90. The van der Waals surface area contributed by atoms with Crippen LogP contribution in [0.2, 0.25) is 0 Å². The first-order valence-corrected chi connectivity index (χ1v) is 8.62. The van der Waals surface area contributed by atoms with Crippen molar-refractivity contribution in [3.05, 3.63) is 24.3 Å². The topological polar surface area (TPSA) is 89.3 Å². The first kappa shape index (κ1) is 19.9. The van der Waals surface area contributed by atoms with E-state index < -0.39 is 9.84 Å². The number of sulfone groups is 1. The SMILES string of the molecule is CS(=O)(=O)c1cccc(NC(=O)CCCCCCN)c1.Cl. The molecule has 1 aromatic rings. The molecule has 1 rings (SSSR count). The lowest BCUT2D eigenvalue weighted by molar-refractivity contribution is -0.116. The van der Waals surface area contributed by atoms with Crippen LogP contribution in [-0.4, -0.2) is 27.1 Å². The maximum absolute atomic E-state index is 11.7. The summed E-state index contributed by atoms with van der Waals surface area (Å²) in [6.07, 6.45) is 5.40. The van der Waals surface area contributed by atoms with E-state index in [2.05, 4.69) is 5.32 Å². The first-order valence-electron chi connectivity index (χ1n) is 6.73. The molecule has 120 valence electrons. The van der Waals surface area contributed by atoms with Crippen molar-refractivity contribution in [2.75, 3.05) is 18.1 Å². The van der Waals surface area contributed by atoms with Gasteiger partial charge >= 0.3 is 0 Å². The Bertz CT molecular complexity index is 547. The number of nitrogens with two attached hydrogens (primary N) is 1. The van der Waals surface area contributed by atoms with Crippen LogP contribution in [-0.2, 0) is 14.6 Å². The van der Waals surface area contributed by atoms with Gasteiger partial charge in [-0.05, 0) is 37.6 Å². The molecule has 0 aliphatic carbocycles. The number of unbranched alkanes of at least 4 members (excludes halogenated alkanes) is 3. The van der Waals surface area contributed by atoms with E-state index in [1.54, 1.807) is 12.1 Å². The van der Waals surface area contributed by atoms with Crippen molar-refractivity contribution in [3.8, 4) is 0 Å². The molecule has 0 aromatic heterocycles. The zero-order valence-corrected chi connectivity index (χ0v) is 13.8. The maximum Gasteiger partial charge on any atom is 0.224 e. The highest BCUT2D eigenvalue weighted by Crippen LogP contribution is 2.15. The third-order valence-corrected chi connectivity index (χ3v) is 4.01. The molecule has 0 spiro atoms. The molecule has 1 amide bonds. The highest BCUT2D eigenvalue weighted by Gasteiger charge is 2.08. The Morgan fingerprint density at radius 2 is 1.86 bits per heavy atom. The summed E-state index contributed by atoms with van der Waals surface area (Å²) in [4.78, 5) is 11.9. The molecule has 0 radical (unpaired) electrons. The van der Waals surface area contributed by atoms with Gasteiger partial charge in [-0.3, -0.25) is 4.79 Å². The molecule has 0 aliphatic heterocycles. The van der Waals surface area contributed by atoms with Crippen molar-refractivity contribution in [3.63, 3.8) is 0 Å². The average molecular weight is 335 g/mol. The summed E-state index contributed by atoms with van der Waals surface area (Å²) >= 11 is 0. The monoisotopic (exact) mass is 334 g/mol. The van der Waals surface area contributed by atoms with Crippen LogP contribution >= 0.6 is 12.4 Å². The molecule has 0 fully saturated rings. The maximum atomic E-state index is 11.7. The van der Waals surface area contributed by atoms with Gasteiger partial charge in [-0.2, -0.15) is 0 Å². The number of hydrogen-bond donors (Lipinski definition) is 2. The molecule has 0 heterocycles. The molecule has 0 saturated heterocycles. The lowest BCUT2D eigenvalue weighted by Gasteiger charge is -2.06. The normalized spacial score (nSPS) is 10.8. The summed E-state index contributed by atoms with van der Waals surface area (Å²) < 4.78 is 22.8. The second kappa shape index (κ2) is 9.76. The Hall–Kier alpha value is -1.11.